The van der Waals surface area contributed by atoms with Crippen LogP contribution >= 0.6 is 0 Å². The lowest BCUT2D eigenvalue weighted by Gasteiger charge is -2.16. The summed E-state index contributed by atoms with van der Waals surface area (Å²) in [5, 5.41) is 1.10. The Labute approximate surface area is 138 Å². The second-order valence-corrected chi connectivity index (χ2v) is 6.05. The summed E-state index contributed by atoms with van der Waals surface area (Å²) in [5.74, 6) is -0.0282. The minimum Gasteiger partial charge on any atom is -0.350 e. The molecule has 24 heavy (non-hydrogen) atoms. The van der Waals surface area contributed by atoms with Gasteiger partial charge in [-0.3, -0.25) is 0 Å². The lowest BCUT2D eigenvalue weighted by molar-refractivity contribution is -0.137. The van der Waals surface area contributed by atoms with Crippen LogP contribution < -0.4 is 5.73 Å². The van der Waals surface area contributed by atoms with Crippen molar-refractivity contribution < 1.29 is 13.2 Å². The number of nitrogens with zero attached hydrogens (tertiary/aromatic N) is 1. The van der Waals surface area contributed by atoms with Crippen molar-refractivity contribution in [2.45, 2.75) is 18.5 Å². The SMILES string of the molecule is Cn1cc(C(CN)Cc2cccc(C(F)(F)F)c2)c2ccccc21. The van der Waals surface area contributed by atoms with Crippen molar-refractivity contribution in [1.29, 1.82) is 0 Å². The van der Waals surface area contributed by atoms with Crippen LogP contribution in [0.5, 0.6) is 0 Å². The van der Waals surface area contributed by atoms with Gasteiger partial charge in [0.05, 0.1) is 5.56 Å². The molecule has 0 bridgehead atoms. The Balaban J connectivity index is 1.95. The maximum absolute atomic E-state index is 12.9. The first-order valence-corrected chi connectivity index (χ1v) is 7.80. The van der Waals surface area contributed by atoms with E-state index in [0.29, 0.717) is 18.5 Å². The Bertz CT molecular complexity index is 849. The van der Waals surface area contributed by atoms with E-state index in [1.165, 1.54) is 12.1 Å². The molecule has 5 heteroatoms. The fourth-order valence-corrected chi connectivity index (χ4v) is 3.18. The van der Waals surface area contributed by atoms with Crippen LogP contribution in [0.2, 0.25) is 0 Å². The molecule has 0 saturated carbocycles. The third kappa shape index (κ3) is 3.17. The fourth-order valence-electron chi connectivity index (χ4n) is 3.18. The summed E-state index contributed by atoms with van der Waals surface area (Å²) in [6.45, 7) is 0.379. The number of alkyl halides is 3. The molecule has 0 radical (unpaired) electrons. The van der Waals surface area contributed by atoms with Gasteiger partial charge < -0.3 is 10.3 Å². The van der Waals surface area contributed by atoms with Crippen molar-refractivity contribution in [2.75, 3.05) is 6.54 Å². The lowest BCUT2D eigenvalue weighted by Crippen LogP contribution is -2.15. The summed E-state index contributed by atoms with van der Waals surface area (Å²) in [6, 6.07) is 13.5. The Morgan fingerprint density at radius 3 is 2.54 bits per heavy atom. The molecule has 0 fully saturated rings. The van der Waals surface area contributed by atoms with Gasteiger partial charge in [0.1, 0.15) is 0 Å². The molecular formula is C19H19F3N2. The molecule has 2 nitrogen and oxygen atoms in total. The van der Waals surface area contributed by atoms with Gasteiger partial charge in [-0.15, -0.1) is 0 Å². The molecule has 1 heterocycles. The van der Waals surface area contributed by atoms with E-state index in [-0.39, 0.29) is 5.92 Å². The smallest absolute Gasteiger partial charge is 0.350 e. The van der Waals surface area contributed by atoms with Crippen LogP contribution in [-0.4, -0.2) is 11.1 Å². The Kier molecular flexibility index (Phi) is 4.37. The van der Waals surface area contributed by atoms with Gasteiger partial charge in [0.25, 0.3) is 0 Å². The van der Waals surface area contributed by atoms with Crippen molar-refractivity contribution in [3.8, 4) is 0 Å². The van der Waals surface area contributed by atoms with E-state index in [1.807, 2.05) is 42.1 Å². The zero-order valence-electron chi connectivity index (χ0n) is 13.3. The number of hydrogen-bond acceptors (Lipinski definition) is 1. The highest BCUT2D eigenvalue weighted by atomic mass is 19.4. The number of aryl methyl sites for hydroxylation is 1. The standard InChI is InChI=1S/C19H19F3N2/c1-24-12-17(16-7-2-3-8-18(16)24)14(11-23)9-13-5-4-6-15(10-13)19(20,21)22/h2-8,10,12,14H,9,11,23H2,1H3. The molecule has 1 unspecified atom stereocenters. The minimum absolute atomic E-state index is 0.0282. The number of aromatic nitrogens is 1. The molecule has 0 aliphatic carbocycles. The Hall–Kier alpha value is -2.27. The number of rotatable bonds is 4. The Morgan fingerprint density at radius 1 is 1.08 bits per heavy atom. The zero-order chi connectivity index (χ0) is 17.3. The van der Waals surface area contributed by atoms with E-state index in [0.717, 1.165) is 22.5 Å². The lowest BCUT2D eigenvalue weighted by atomic mass is 9.91. The maximum atomic E-state index is 12.9. The van der Waals surface area contributed by atoms with Gasteiger partial charge in [0, 0.05) is 30.1 Å². The molecule has 3 aromatic rings. The van der Waals surface area contributed by atoms with Crippen molar-refractivity contribution in [2.24, 2.45) is 12.8 Å². The molecule has 0 amide bonds. The highest BCUT2D eigenvalue weighted by Crippen LogP contribution is 2.32. The van der Waals surface area contributed by atoms with Crippen molar-refractivity contribution in [3.63, 3.8) is 0 Å². The third-order valence-corrected chi connectivity index (χ3v) is 4.39. The number of hydrogen-bond donors (Lipinski definition) is 1. The van der Waals surface area contributed by atoms with E-state index in [4.69, 9.17) is 5.73 Å². The maximum Gasteiger partial charge on any atom is 0.416 e. The molecule has 2 N–H and O–H groups in total. The topological polar surface area (TPSA) is 30.9 Å². The first-order chi connectivity index (χ1) is 11.4. The fraction of sp³-hybridized carbons (Fsp3) is 0.263. The van der Waals surface area contributed by atoms with E-state index in [1.54, 1.807) is 6.07 Å². The first kappa shape index (κ1) is 16.6. The van der Waals surface area contributed by atoms with Crippen LogP contribution in [0, 0.1) is 0 Å². The number of nitrogens with two attached hydrogens (primary N) is 1. The Morgan fingerprint density at radius 2 is 1.83 bits per heavy atom. The molecule has 0 spiro atoms. The molecule has 1 atom stereocenters. The van der Waals surface area contributed by atoms with Gasteiger partial charge in [-0.25, -0.2) is 0 Å². The number of halogens is 3. The van der Waals surface area contributed by atoms with Crippen molar-refractivity contribution >= 4 is 10.9 Å². The third-order valence-electron chi connectivity index (χ3n) is 4.39. The highest BCUT2D eigenvalue weighted by Gasteiger charge is 2.30. The van der Waals surface area contributed by atoms with E-state index < -0.39 is 11.7 Å². The van der Waals surface area contributed by atoms with Crippen LogP contribution in [0.1, 0.15) is 22.6 Å². The molecule has 2 aromatic carbocycles. The van der Waals surface area contributed by atoms with E-state index in [9.17, 15) is 13.2 Å². The summed E-state index contributed by atoms with van der Waals surface area (Å²) >= 11 is 0. The molecule has 0 aliphatic heterocycles. The predicted octanol–water partition coefficient (Wildman–Crippen LogP) is 4.48. The van der Waals surface area contributed by atoms with Crippen molar-refractivity contribution in [3.05, 3.63) is 71.4 Å². The summed E-state index contributed by atoms with van der Waals surface area (Å²) < 4.78 is 40.7. The summed E-state index contributed by atoms with van der Waals surface area (Å²) in [7, 11) is 1.96. The molecule has 3 rings (SSSR count). The van der Waals surface area contributed by atoms with Gasteiger partial charge in [-0.1, -0.05) is 36.4 Å². The normalized spacial score (nSPS) is 13.4. The summed E-state index contributed by atoms with van der Waals surface area (Å²) in [5.41, 5.74) is 8.14. The van der Waals surface area contributed by atoms with Crippen LogP contribution in [0.3, 0.4) is 0 Å². The van der Waals surface area contributed by atoms with Crippen LogP contribution in [0.4, 0.5) is 13.2 Å². The average molecular weight is 332 g/mol. The average Bonchev–Trinajstić information content (AvgIpc) is 2.89. The van der Waals surface area contributed by atoms with E-state index in [2.05, 4.69) is 0 Å². The van der Waals surface area contributed by atoms with Crippen LogP contribution in [0.25, 0.3) is 10.9 Å². The van der Waals surface area contributed by atoms with Gasteiger partial charge in [-0.05, 0) is 36.2 Å². The number of para-hydroxylation sites is 1. The van der Waals surface area contributed by atoms with Crippen molar-refractivity contribution in [1.82, 2.24) is 4.57 Å². The van der Waals surface area contributed by atoms with E-state index >= 15 is 0 Å². The molecule has 0 saturated heterocycles. The van der Waals surface area contributed by atoms with Crippen LogP contribution in [0.15, 0.2) is 54.7 Å². The minimum atomic E-state index is -4.33. The number of benzene rings is 2. The molecule has 126 valence electrons. The summed E-state index contributed by atoms with van der Waals surface area (Å²) in [6.07, 6.45) is -1.82. The second-order valence-electron chi connectivity index (χ2n) is 6.05. The number of fused-ring (bicyclic) bond motifs is 1. The van der Waals surface area contributed by atoms with Gasteiger partial charge >= 0.3 is 6.18 Å². The quantitative estimate of drug-likeness (QED) is 0.750. The largest absolute Gasteiger partial charge is 0.416 e. The monoisotopic (exact) mass is 332 g/mol. The van der Waals surface area contributed by atoms with Gasteiger partial charge in [0.2, 0.25) is 0 Å². The second kappa shape index (κ2) is 6.32. The highest BCUT2D eigenvalue weighted by molar-refractivity contribution is 5.84. The first-order valence-electron chi connectivity index (χ1n) is 7.80. The molecule has 1 aromatic heterocycles. The predicted molar refractivity (Wildman–Crippen MR) is 89.9 cm³/mol. The molecule has 0 aliphatic rings. The van der Waals surface area contributed by atoms with Gasteiger partial charge in [0.15, 0.2) is 0 Å². The zero-order valence-corrected chi connectivity index (χ0v) is 13.3. The van der Waals surface area contributed by atoms with Crippen LogP contribution in [-0.2, 0) is 19.6 Å². The molecular weight excluding hydrogens is 313 g/mol. The van der Waals surface area contributed by atoms with Gasteiger partial charge in [-0.2, -0.15) is 13.2 Å². The summed E-state index contributed by atoms with van der Waals surface area (Å²) in [4.78, 5) is 0.